The number of fused-ring (bicyclic) bond motifs is 5. The number of nitrogen functional groups attached to an aromatic ring is 2. The highest BCUT2D eigenvalue weighted by molar-refractivity contribution is 7.53. The van der Waals surface area contributed by atoms with Crippen LogP contribution in [0.25, 0.3) is 22.3 Å². The average Bonchev–Trinajstić information content (AvgIpc) is 3.73. The van der Waals surface area contributed by atoms with E-state index in [0.717, 1.165) is 13.0 Å². The third kappa shape index (κ3) is 5.04. The first-order valence-corrected chi connectivity index (χ1v) is 16.5. The SMILES string of the molecule is CP1(=O)OC[C@H]2O[C@@H](n3cnc4c(N)ncnc43)[C@@H](F)C2OP(=O)(O)OC[C@H]2O[C@@H](n3cnc4c(N)ncnc43)[C@@H](O1)C2O. The summed E-state index contributed by atoms with van der Waals surface area (Å²) in [4.78, 5) is 34.8. The number of ether oxygens (including phenoxy) is 2. The molecule has 3 fully saturated rings. The molecule has 236 valence electrons. The van der Waals surface area contributed by atoms with Crippen LogP contribution in [0.2, 0.25) is 0 Å². The topological polar surface area (TPSA) is 269 Å². The molecule has 0 aromatic carbocycles. The number of anilines is 2. The van der Waals surface area contributed by atoms with Gasteiger partial charge in [-0.1, -0.05) is 0 Å². The van der Waals surface area contributed by atoms with Crippen LogP contribution in [0.4, 0.5) is 16.0 Å². The lowest BCUT2D eigenvalue weighted by molar-refractivity contribution is -0.0627. The highest BCUT2D eigenvalue weighted by atomic mass is 31.2. The van der Waals surface area contributed by atoms with E-state index in [1.54, 1.807) is 0 Å². The van der Waals surface area contributed by atoms with Gasteiger partial charge in [0.1, 0.15) is 54.2 Å². The molecule has 7 heterocycles. The number of halogens is 1. The van der Waals surface area contributed by atoms with Gasteiger partial charge in [-0.05, 0) is 0 Å². The molecule has 44 heavy (non-hydrogen) atoms. The van der Waals surface area contributed by atoms with Crippen molar-refractivity contribution in [1.29, 1.82) is 0 Å². The van der Waals surface area contributed by atoms with Crippen molar-refractivity contribution in [3.8, 4) is 0 Å². The Bertz CT molecular complexity index is 1830. The van der Waals surface area contributed by atoms with Gasteiger partial charge in [0.15, 0.2) is 41.6 Å². The Labute approximate surface area is 245 Å². The minimum atomic E-state index is -5.04. The number of nitrogens with two attached hydrogens (primary N) is 2. The second kappa shape index (κ2) is 10.7. The normalized spacial score (nSPS) is 38.3. The number of alkyl halides is 1. The largest absolute Gasteiger partial charge is 0.472 e. The molecule has 0 aliphatic carbocycles. The van der Waals surface area contributed by atoms with E-state index >= 15 is 4.39 Å². The number of nitrogens with zero attached hydrogens (tertiary/aromatic N) is 8. The number of phosphoric acid groups is 1. The summed E-state index contributed by atoms with van der Waals surface area (Å²) in [5.41, 5.74) is 12.4. The summed E-state index contributed by atoms with van der Waals surface area (Å²) in [6.07, 6.45) is -7.39. The number of imidazole rings is 2. The Morgan fingerprint density at radius 1 is 0.841 bits per heavy atom. The maximum atomic E-state index is 15.9. The lowest BCUT2D eigenvalue weighted by atomic mass is 10.1. The van der Waals surface area contributed by atoms with Crippen LogP contribution in [-0.4, -0.2) is 106 Å². The third-order valence-corrected chi connectivity index (χ3v) is 9.58. The van der Waals surface area contributed by atoms with Crippen molar-refractivity contribution in [2.75, 3.05) is 31.3 Å². The van der Waals surface area contributed by atoms with Crippen LogP contribution in [0.3, 0.4) is 0 Å². The van der Waals surface area contributed by atoms with E-state index < -0.39 is 77.8 Å². The lowest BCUT2D eigenvalue weighted by Gasteiger charge is -2.26. The molecule has 3 saturated heterocycles. The van der Waals surface area contributed by atoms with Crippen LogP contribution in [0.5, 0.6) is 0 Å². The number of aromatic nitrogens is 8. The number of aliphatic hydroxyl groups is 1. The minimum Gasteiger partial charge on any atom is -0.387 e. The lowest BCUT2D eigenvalue weighted by Crippen LogP contribution is -2.35. The van der Waals surface area contributed by atoms with E-state index in [2.05, 4.69) is 29.9 Å². The fraction of sp³-hybridized carbons (Fsp3) is 0.524. The van der Waals surface area contributed by atoms with E-state index in [-0.39, 0.29) is 34.0 Å². The highest BCUT2D eigenvalue weighted by Gasteiger charge is 2.54. The average molecular weight is 658 g/mol. The molecular weight excluding hydrogens is 633 g/mol. The number of phosphoric ester groups is 1. The monoisotopic (exact) mass is 658 g/mol. The number of aliphatic hydroxyl groups excluding tert-OH is 1. The molecular formula is C21H25FN10O10P2. The number of rotatable bonds is 2. The Morgan fingerprint density at radius 2 is 1.41 bits per heavy atom. The summed E-state index contributed by atoms with van der Waals surface area (Å²) in [6.45, 7) is -0.221. The molecule has 2 bridgehead atoms. The van der Waals surface area contributed by atoms with Crippen molar-refractivity contribution in [2.45, 2.75) is 49.1 Å². The van der Waals surface area contributed by atoms with Crippen LogP contribution >= 0.6 is 15.4 Å². The Hall–Kier alpha value is -3.23. The fourth-order valence-corrected chi connectivity index (χ4v) is 7.40. The summed E-state index contributed by atoms with van der Waals surface area (Å²) in [5, 5.41) is 11.1. The first-order chi connectivity index (χ1) is 20.9. The van der Waals surface area contributed by atoms with Crippen molar-refractivity contribution in [2.24, 2.45) is 0 Å². The van der Waals surface area contributed by atoms with Gasteiger partial charge in [-0.2, -0.15) is 0 Å². The quantitative estimate of drug-likeness (QED) is 0.207. The number of hydrogen-bond donors (Lipinski definition) is 4. The van der Waals surface area contributed by atoms with E-state index in [9.17, 15) is 19.1 Å². The molecule has 20 nitrogen and oxygen atoms in total. The molecule has 0 radical (unpaired) electrons. The molecule has 7 rings (SSSR count). The molecule has 3 aliphatic rings. The van der Waals surface area contributed by atoms with Gasteiger partial charge in [-0.15, -0.1) is 0 Å². The zero-order chi connectivity index (χ0) is 31.0. The Balaban J connectivity index is 1.20. The maximum Gasteiger partial charge on any atom is 0.472 e. The van der Waals surface area contributed by atoms with Crippen LogP contribution in [0, 0.1) is 0 Å². The second-order valence-electron chi connectivity index (χ2n) is 10.2. The van der Waals surface area contributed by atoms with Crippen molar-refractivity contribution >= 4 is 49.4 Å². The molecule has 0 saturated carbocycles. The fourth-order valence-electron chi connectivity index (χ4n) is 5.30. The number of hydrogen-bond acceptors (Lipinski definition) is 17. The van der Waals surface area contributed by atoms with Gasteiger partial charge in [-0.25, -0.2) is 38.9 Å². The summed E-state index contributed by atoms with van der Waals surface area (Å²) in [5.74, 6) is 0.114. The van der Waals surface area contributed by atoms with Crippen LogP contribution in [-0.2, 0) is 36.7 Å². The summed E-state index contributed by atoms with van der Waals surface area (Å²) < 4.78 is 78.6. The zero-order valence-electron chi connectivity index (χ0n) is 22.5. The van der Waals surface area contributed by atoms with E-state index in [1.807, 2.05) is 0 Å². The molecule has 10 atom stereocenters. The molecule has 6 N–H and O–H groups in total. The molecule has 4 unspecified atom stereocenters. The van der Waals surface area contributed by atoms with E-state index in [4.69, 9.17) is 39.0 Å². The minimum absolute atomic E-state index is 0.0403. The first kappa shape index (κ1) is 29.5. The van der Waals surface area contributed by atoms with Crippen molar-refractivity contribution in [1.82, 2.24) is 39.0 Å². The molecule has 4 aromatic rings. The predicted molar refractivity (Wildman–Crippen MR) is 143 cm³/mol. The van der Waals surface area contributed by atoms with E-state index in [0.29, 0.717) is 0 Å². The summed E-state index contributed by atoms with van der Waals surface area (Å²) >= 11 is 0. The van der Waals surface area contributed by atoms with Crippen LogP contribution in [0.15, 0.2) is 25.3 Å². The van der Waals surface area contributed by atoms with Gasteiger partial charge in [0, 0.05) is 6.66 Å². The summed E-state index contributed by atoms with van der Waals surface area (Å²) in [7, 11) is -9.13. The van der Waals surface area contributed by atoms with Crippen molar-refractivity contribution in [3.63, 3.8) is 0 Å². The second-order valence-corrected chi connectivity index (χ2v) is 13.6. The van der Waals surface area contributed by atoms with Gasteiger partial charge < -0.3 is 35.5 Å². The van der Waals surface area contributed by atoms with Gasteiger partial charge >= 0.3 is 15.4 Å². The Kier molecular flexibility index (Phi) is 7.16. The molecule has 23 heteroatoms. The standard InChI is InChI=1S/C21H25FN10O10P2/c1-43(34)37-3-9-14(10(22)20(40-9)31-6-29-11-16(23)25-4-27-18(11)31)42-44(35,36)38-2-8-13(33)15(41-43)21(39-8)32-7-30-12-17(24)26-5-28-19(12)32/h4-10,13-15,20-21,33H,2-3H2,1H3,(H,35,36)(H2,23,25,27)(H2,24,26,28)/t8-,9-,10+,13?,14?,15+,20-,21-,43?/m1/s1. The highest BCUT2D eigenvalue weighted by Crippen LogP contribution is 2.54. The predicted octanol–water partition coefficient (Wildman–Crippen LogP) is 0.0649. The maximum absolute atomic E-state index is 15.9. The van der Waals surface area contributed by atoms with Gasteiger partial charge in [-0.3, -0.25) is 27.3 Å². The van der Waals surface area contributed by atoms with Crippen molar-refractivity contribution < 1.29 is 51.1 Å². The van der Waals surface area contributed by atoms with Crippen LogP contribution < -0.4 is 11.5 Å². The van der Waals surface area contributed by atoms with E-state index in [1.165, 1.54) is 28.1 Å². The molecule has 0 amide bonds. The molecule has 3 aliphatic heterocycles. The smallest absolute Gasteiger partial charge is 0.387 e. The van der Waals surface area contributed by atoms with Gasteiger partial charge in [0.2, 0.25) is 0 Å². The Morgan fingerprint density at radius 3 is 2.05 bits per heavy atom. The molecule has 4 aromatic heterocycles. The zero-order valence-corrected chi connectivity index (χ0v) is 24.3. The van der Waals surface area contributed by atoms with Gasteiger partial charge in [0.05, 0.1) is 25.9 Å². The first-order valence-electron chi connectivity index (χ1n) is 13.0. The summed E-state index contributed by atoms with van der Waals surface area (Å²) in [6, 6.07) is 0. The molecule has 0 spiro atoms. The van der Waals surface area contributed by atoms with Crippen molar-refractivity contribution in [3.05, 3.63) is 25.3 Å². The third-order valence-electron chi connectivity index (χ3n) is 7.35. The van der Waals surface area contributed by atoms with Crippen LogP contribution in [0.1, 0.15) is 12.5 Å². The van der Waals surface area contributed by atoms with Gasteiger partial charge in [0.25, 0.3) is 0 Å².